The number of rotatable bonds is 5. The quantitative estimate of drug-likeness (QED) is 0.840. The van der Waals surface area contributed by atoms with E-state index in [1.165, 1.54) is 6.42 Å². The Hall–Kier alpha value is -0.610. The van der Waals surface area contributed by atoms with Gasteiger partial charge in [0.05, 0.1) is 0 Å². The predicted molar refractivity (Wildman–Crippen MR) is 82.8 cm³/mol. The van der Waals surface area contributed by atoms with Crippen molar-refractivity contribution >= 4 is 38.8 Å². The Bertz CT molecular complexity index is 406. The van der Waals surface area contributed by atoms with Gasteiger partial charge >= 0.3 is 0 Å². The Morgan fingerprint density at radius 3 is 2.71 bits per heavy atom. The van der Waals surface area contributed by atoms with Gasteiger partial charge in [-0.2, -0.15) is 0 Å². The third kappa shape index (κ3) is 3.42. The van der Waals surface area contributed by atoms with Gasteiger partial charge in [-0.1, -0.05) is 31.6 Å². The number of hydrogen-bond donors (Lipinski definition) is 1. The molecule has 2 N–H and O–H groups in total. The molecule has 0 amide bonds. The lowest BCUT2D eigenvalue weighted by atomic mass is 10.1. The van der Waals surface area contributed by atoms with E-state index in [-0.39, 0.29) is 0 Å². The van der Waals surface area contributed by atoms with Crippen LogP contribution in [-0.4, -0.2) is 18.1 Å². The largest absolute Gasteiger partial charge is 0.389 e. The van der Waals surface area contributed by atoms with Crippen LogP contribution in [0.4, 0.5) is 5.69 Å². The maximum Gasteiger partial charge on any atom is 0.107 e. The zero-order chi connectivity index (χ0) is 13.0. The van der Waals surface area contributed by atoms with Gasteiger partial charge in [0, 0.05) is 28.8 Å². The molecule has 1 aromatic carbocycles. The molecule has 0 bridgehead atoms. The number of hydrogen-bond acceptors (Lipinski definition) is 2. The van der Waals surface area contributed by atoms with E-state index in [4.69, 9.17) is 18.0 Å². The molecular weight excluding hydrogens is 296 g/mol. The zero-order valence-corrected chi connectivity index (χ0v) is 12.9. The highest BCUT2D eigenvalue weighted by molar-refractivity contribution is 9.10. The van der Waals surface area contributed by atoms with Crippen molar-refractivity contribution in [1.82, 2.24) is 0 Å². The van der Waals surface area contributed by atoms with Crippen LogP contribution in [0.3, 0.4) is 0 Å². The summed E-state index contributed by atoms with van der Waals surface area (Å²) >= 11 is 8.64. The summed E-state index contributed by atoms with van der Waals surface area (Å²) in [6.07, 6.45) is 2.32. The summed E-state index contributed by atoms with van der Waals surface area (Å²) in [6.45, 7) is 4.41. The standard InChI is InChI=1S/C13H19BrN2S/c1-4-6-9(2)16(3)11-8-5-7-10(14)12(11)13(15)17/h5,7-9H,4,6H2,1-3H3,(H2,15,17). The van der Waals surface area contributed by atoms with Crippen molar-refractivity contribution in [3.8, 4) is 0 Å². The van der Waals surface area contributed by atoms with Gasteiger partial charge in [-0.3, -0.25) is 0 Å². The van der Waals surface area contributed by atoms with Gasteiger partial charge in [0.1, 0.15) is 4.99 Å². The third-order valence-electron chi connectivity index (χ3n) is 2.99. The first-order chi connectivity index (χ1) is 7.99. The fourth-order valence-electron chi connectivity index (χ4n) is 1.90. The summed E-state index contributed by atoms with van der Waals surface area (Å²) in [6, 6.07) is 6.51. The van der Waals surface area contributed by atoms with Crippen LogP contribution in [0.1, 0.15) is 32.3 Å². The van der Waals surface area contributed by atoms with Gasteiger partial charge in [-0.25, -0.2) is 0 Å². The van der Waals surface area contributed by atoms with Gasteiger partial charge in [0.2, 0.25) is 0 Å². The molecule has 17 heavy (non-hydrogen) atoms. The second-order valence-electron chi connectivity index (χ2n) is 4.25. The highest BCUT2D eigenvalue weighted by Gasteiger charge is 2.16. The van der Waals surface area contributed by atoms with E-state index in [0.717, 1.165) is 22.1 Å². The first-order valence-corrected chi connectivity index (χ1v) is 7.00. The van der Waals surface area contributed by atoms with Crippen molar-refractivity contribution in [2.24, 2.45) is 5.73 Å². The fourth-order valence-corrected chi connectivity index (χ4v) is 2.81. The van der Waals surface area contributed by atoms with E-state index >= 15 is 0 Å². The van der Waals surface area contributed by atoms with Gasteiger partial charge < -0.3 is 10.6 Å². The molecule has 4 heteroatoms. The molecule has 0 aliphatic rings. The minimum absolute atomic E-state index is 0.433. The lowest BCUT2D eigenvalue weighted by Gasteiger charge is -2.29. The second-order valence-corrected chi connectivity index (χ2v) is 5.54. The Kier molecular flexibility index (Phi) is 5.40. The van der Waals surface area contributed by atoms with Gasteiger partial charge in [-0.15, -0.1) is 0 Å². The molecule has 2 nitrogen and oxygen atoms in total. The smallest absolute Gasteiger partial charge is 0.107 e. The number of anilines is 1. The van der Waals surface area contributed by atoms with E-state index in [1.54, 1.807) is 0 Å². The molecule has 94 valence electrons. The maximum absolute atomic E-state index is 5.80. The molecule has 0 heterocycles. The predicted octanol–water partition coefficient (Wildman–Crippen LogP) is 3.71. The highest BCUT2D eigenvalue weighted by atomic mass is 79.9. The highest BCUT2D eigenvalue weighted by Crippen LogP contribution is 2.28. The molecule has 0 aromatic heterocycles. The summed E-state index contributed by atoms with van der Waals surface area (Å²) in [7, 11) is 2.09. The number of halogens is 1. The normalized spacial score (nSPS) is 12.2. The molecule has 0 aliphatic carbocycles. The van der Waals surface area contributed by atoms with Crippen LogP contribution in [-0.2, 0) is 0 Å². The molecule has 0 saturated heterocycles. The lowest BCUT2D eigenvalue weighted by molar-refractivity contribution is 0.616. The minimum atomic E-state index is 0.433. The monoisotopic (exact) mass is 314 g/mol. The molecule has 0 fully saturated rings. The van der Waals surface area contributed by atoms with Crippen molar-refractivity contribution in [2.45, 2.75) is 32.7 Å². The Morgan fingerprint density at radius 2 is 2.18 bits per heavy atom. The number of benzene rings is 1. The third-order valence-corrected chi connectivity index (χ3v) is 3.85. The average molecular weight is 315 g/mol. The first kappa shape index (κ1) is 14.5. The summed E-state index contributed by atoms with van der Waals surface area (Å²) in [5, 5.41) is 0. The molecule has 1 aromatic rings. The van der Waals surface area contributed by atoms with Crippen molar-refractivity contribution in [2.75, 3.05) is 11.9 Å². The summed E-state index contributed by atoms with van der Waals surface area (Å²) in [5.74, 6) is 0. The SMILES string of the molecule is CCCC(C)N(C)c1cccc(Br)c1C(N)=S. The van der Waals surface area contributed by atoms with Crippen molar-refractivity contribution in [3.05, 3.63) is 28.2 Å². The van der Waals surface area contributed by atoms with Crippen molar-refractivity contribution in [1.29, 1.82) is 0 Å². The second kappa shape index (κ2) is 6.36. The molecule has 1 rings (SSSR count). The maximum atomic E-state index is 5.80. The number of nitrogens with zero attached hydrogens (tertiary/aromatic N) is 1. The average Bonchev–Trinajstić information content (AvgIpc) is 2.27. The number of nitrogens with two attached hydrogens (primary N) is 1. The summed E-state index contributed by atoms with van der Waals surface area (Å²) in [4.78, 5) is 2.67. The molecule has 1 atom stereocenters. The molecule has 0 spiro atoms. The van der Waals surface area contributed by atoms with E-state index in [1.807, 2.05) is 12.1 Å². The van der Waals surface area contributed by atoms with E-state index in [0.29, 0.717) is 11.0 Å². The Labute approximate surface area is 117 Å². The van der Waals surface area contributed by atoms with Crippen LogP contribution in [0.5, 0.6) is 0 Å². The Morgan fingerprint density at radius 1 is 1.53 bits per heavy atom. The lowest BCUT2D eigenvalue weighted by Crippen LogP contribution is -2.30. The number of thiocarbonyl (C=S) groups is 1. The van der Waals surface area contributed by atoms with Crippen LogP contribution in [0.2, 0.25) is 0 Å². The van der Waals surface area contributed by atoms with Crippen LogP contribution >= 0.6 is 28.1 Å². The molecule has 0 saturated carbocycles. The van der Waals surface area contributed by atoms with E-state index < -0.39 is 0 Å². The van der Waals surface area contributed by atoms with E-state index in [2.05, 4.69) is 47.8 Å². The molecular formula is C13H19BrN2S. The summed E-state index contributed by atoms with van der Waals surface area (Å²) < 4.78 is 0.957. The molecule has 1 unspecified atom stereocenters. The van der Waals surface area contributed by atoms with Crippen molar-refractivity contribution < 1.29 is 0 Å². The van der Waals surface area contributed by atoms with Crippen LogP contribution in [0.25, 0.3) is 0 Å². The zero-order valence-electron chi connectivity index (χ0n) is 10.5. The van der Waals surface area contributed by atoms with Gasteiger partial charge in [-0.05, 0) is 41.4 Å². The fraction of sp³-hybridized carbons (Fsp3) is 0.462. The molecule has 0 radical (unpaired) electrons. The van der Waals surface area contributed by atoms with Crippen LogP contribution in [0, 0.1) is 0 Å². The topological polar surface area (TPSA) is 29.3 Å². The van der Waals surface area contributed by atoms with Crippen molar-refractivity contribution in [3.63, 3.8) is 0 Å². The van der Waals surface area contributed by atoms with E-state index in [9.17, 15) is 0 Å². The minimum Gasteiger partial charge on any atom is -0.389 e. The van der Waals surface area contributed by atoms with Crippen LogP contribution < -0.4 is 10.6 Å². The van der Waals surface area contributed by atoms with Gasteiger partial charge in [0.25, 0.3) is 0 Å². The van der Waals surface area contributed by atoms with Crippen LogP contribution in [0.15, 0.2) is 22.7 Å². The summed E-state index contributed by atoms with van der Waals surface area (Å²) in [5.41, 5.74) is 7.82. The molecule has 0 aliphatic heterocycles. The Balaban J connectivity index is 3.13. The first-order valence-electron chi connectivity index (χ1n) is 5.80. The van der Waals surface area contributed by atoms with Gasteiger partial charge in [0.15, 0.2) is 0 Å².